The van der Waals surface area contributed by atoms with Crippen LogP contribution in [0.2, 0.25) is 0 Å². The maximum absolute atomic E-state index is 12.2. The van der Waals surface area contributed by atoms with Gasteiger partial charge in [-0.3, -0.25) is 4.79 Å². The lowest BCUT2D eigenvalue weighted by atomic mass is 10.2. The molecule has 0 radical (unpaired) electrons. The maximum atomic E-state index is 12.2. The molecule has 92 valence electrons. The minimum absolute atomic E-state index is 0.246. The van der Waals surface area contributed by atoms with E-state index in [0.29, 0.717) is 30.0 Å². The number of amides is 1. The Morgan fingerprint density at radius 1 is 1.47 bits per heavy atom. The molecule has 0 aromatic carbocycles. The van der Waals surface area contributed by atoms with Gasteiger partial charge in [0.25, 0.3) is 5.91 Å². The molecule has 0 aliphatic carbocycles. The molecular formula is C12H15NO4. The summed E-state index contributed by atoms with van der Waals surface area (Å²) in [5.41, 5.74) is 0.468. The normalized spacial score (nSPS) is 19.6. The van der Waals surface area contributed by atoms with Crippen molar-refractivity contribution in [3.8, 4) is 0 Å². The van der Waals surface area contributed by atoms with Gasteiger partial charge >= 0.3 is 5.97 Å². The number of likely N-dealkylation sites (tertiary alicyclic amines) is 1. The minimum atomic E-state index is -0.936. The number of hydrogen-bond donors (Lipinski definition) is 1. The number of nitrogens with zero attached hydrogens (tertiary/aromatic N) is 1. The van der Waals surface area contributed by atoms with Crippen LogP contribution in [0.5, 0.6) is 0 Å². The second-order valence-corrected chi connectivity index (χ2v) is 4.32. The van der Waals surface area contributed by atoms with Crippen molar-refractivity contribution in [2.75, 3.05) is 6.54 Å². The summed E-state index contributed by atoms with van der Waals surface area (Å²) in [6.07, 6.45) is 1.26. The SMILES string of the molecule is Cc1cc(C(=O)N2CCC[C@@H]2C(=O)O)c(C)o1. The third-order valence-corrected chi connectivity index (χ3v) is 3.07. The third-order valence-electron chi connectivity index (χ3n) is 3.07. The van der Waals surface area contributed by atoms with E-state index in [9.17, 15) is 9.59 Å². The Bertz CT molecular complexity index is 463. The van der Waals surface area contributed by atoms with Crippen LogP contribution in [-0.2, 0) is 4.79 Å². The first kappa shape index (κ1) is 11.7. The molecule has 5 nitrogen and oxygen atoms in total. The summed E-state index contributed by atoms with van der Waals surface area (Å²) in [5.74, 6) is 0.0263. The predicted molar refractivity (Wildman–Crippen MR) is 59.9 cm³/mol. The molecule has 1 saturated heterocycles. The topological polar surface area (TPSA) is 70.8 Å². The highest BCUT2D eigenvalue weighted by Crippen LogP contribution is 2.23. The van der Waals surface area contributed by atoms with Gasteiger partial charge in [0.15, 0.2) is 0 Å². The first-order valence-corrected chi connectivity index (χ1v) is 5.61. The third kappa shape index (κ3) is 2.05. The first-order chi connectivity index (χ1) is 8.00. The van der Waals surface area contributed by atoms with Gasteiger partial charge in [0.2, 0.25) is 0 Å². The van der Waals surface area contributed by atoms with E-state index in [1.807, 2.05) is 0 Å². The number of rotatable bonds is 2. The zero-order valence-corrected chi connectivity index (χ0v) is 9.90. The highest BCUT2D eigenvalue weighted by Gasteiger charge is 2.35. The molecular weight excluding hydrogens is 222 g/mol. The fourth-order valence-corrected chi connectivity index (χ4v) is 2.26. The number of carboxylic acids is 1. The summed E-state index contributed by atoms with van der Waals surface area (Å²) in [6.45, 7) is 3.98. The average Bonchev–Trinajstić information content (AvgIpc) is 2.83. The monoisotopic (exact) mass is 237 g/mol. The van der Waals surface area contributed by atoms with Crippen molar-refractivity contribution in [2.24, 2.45) is 0 Å². The summed E-state index contributed by atoms with van der Waals surface area (Å²) < 4.78 is 5.30. The summed E-state index contributed by atoms with van der Waals surface area (Å²) in [7, 11) is 0. The van der Waals surface area contributed by atoms with Gasteiger partial charge < -0.3 is 14.4 Å². The van der Waals surface area contributed by atoms with Crippen molar-refractivity contribution in [2.45, 2.75) is 32.7 Å². The molecule has 1 aliphatic heterocycles. The van der Waals surface area contributed by atoms with Crippen LogP contribution in [0.15, 0.2) is 10.5 Å². The maximum Gasteiger partial charge on any atom is 0.326 e. The molecule has 1 amide bonds. The Balaban J connectivity index is 2.25. The van der Waals surface area contributed by atoms with Gasteiger partial charge in [-0.1, -0.05) is 0 Å². The minimum Gasteiger partial charge on any atom is -0.480 e. The summed E-state index contributed by atoms with van der Waals surface area (Å²) in [5, 5.41) is 9.04. The van der Waals surface area contributed by atoms with E-state index < -0.39 is 12.0 Å². The Hall–Kier alpha value is -1.78. The second-order valence-electron chi connectivity index (χ2n) is 4.32. The van der Waals surface area contributed by atoms with Crippen LogP contribution in [0.3, 0.4) is 0 Å². The molecule has 2 heterocycles. The molecule has 17 heavy (non-hydrogen) atoms. The van der Waals surface area contributed by atoms with Crippen LogP contribution >= 0.6 is 0 Å². The summed E-state index contributed by atoms with van der Waals surface area (Å²) in [4.78, 5) is 24.6. The van der Waals surface area contributed by atoms with Crippen LogP contribution in [0.4, 0.5) is 0 Å². The van der Waals surface area contributed by atoms with Gasteiger partial charge in [-0.15, -0.1) is 0 Å². The van der Waals surface area contributed by atoms with Crippen LogP contribution in [-0.4, -0.2) is 34.5 Å². The standard InChI is InChI=1S/C12H15NO4/c1-7-6-9(8(2)17-7)11(14)13-5-3-4-10(13)12(15)16/h6,10H,3-5H2,1-2H3,(H,15,16)/t10-/m1/s1. The van der Waals surface area contributed by atoms with E-state index in [1.54, 1.807) is 19.9 Å². The lowest BCUT2D eigenvalue weighted by molar-refractivity contribution is -0.141. The number of aliphatic carboxylic acids is 1. The van der Waals surface area contributed by atoms with E-state index in [4.69, 9.17) is 9.52 Å². The lowest BCUT2D eigenvalue weighted by Crippen LogP contribution is -2.40. The molecule has 1 atom stereocenters. The number of carboxylic acid groups (broad SMARTS) is 1. The van der Waals surface area contributed by atoms with Gasteiger partial charge in [0.05, 0.1) is 5.56 Å². The van der Waals surface area contributed by atoms with E-state index in [-0.39, 0.29) is 5.91 Å². The van der Waals surface area contributed by atoms with E-state index >= 15 is 0 Å². The molecule has 5 heteroatoms. The zero-order valence-electron chi connectivity index (χ0n) is 9.90. The highest BCUT2D eigenvalue weighted by atomic mass is 16.4. The molecule has 2 rings (SSSR count). The van der Waals surface area contributed by atoms with Crippen LogP contribution < -0.4 is 0 Å². The van der Waals surface area contributed by atoms with E-state index in [0.717, 1.165) is 6.42 Å². The van der Waals surface area contributed by atoms with E-state index in [2.05, 4.69) is 0 Å². The fourth-order valence-electron chi connectivity index (χ4n) is 2.26. The molecule has 1 aromatic rings. The van der Waals surface area contributed by atoms with Gasteiger partial charge in [0, 0.05) is 6.54 Å². The molecule has 1 aromatic heterocycles. The number of furan rings is 1. The number of aryl methyl sites for hydroxylation is 2. The Morgan fingerprint density at radius 2 is 2.18 bits per heavy atom. The van der Waals surface area contributed by atoms with Crippen molar-refractivity contribution < 1.29 is 19.1 Å². The van der Waals surface area contributed by atoms with Crippen molar-refractivity contribution >= 4 is 11.9 Å². The number of carbonyl (C=O) groups excluding carboxylic acids is 1. The van der Waals surface area contributed by atoms with Crippen LogP contribution in [0, 0.1) is 13.8 Å². The molecule has 0 spiro atoms. The second kappa shape index (κ2) is 4.24. The zero-order chi connectivity index (χ0) is 12.6. The Morgan fingerprint density at radius 3 is 2.71 bits per heavy atom. The van der Waals surface area contributed by atoms with Crippen molar-refractivity contribution in [1.82, 2.24) is 4.90 Å². The largest absolute Gasteiger partial charge is 0.480 e. The summed E-state index contributed by atoms with van der Waals surface area (Å²) in [6, 6.07) is 0.964. The fraction of sp³-hybridized carbons (Fsp3) is 0.500. The lowest BCUT2D eigenvalue weighted by Gasteiger charge is -2.20. The molecule has 0 bridgehead atoms. The molecule has 1 N–H and O–H groups in total. The van der Waals surface area contributed by atoms with Gasteiger partial charge in [-0.2, -0.15) is 0 Å². The van der Waals surface area contributed by atoms with Gasteiger partial charge in [-0.05, 0) is 32.8 Å². The molecule has 1 fully saturated rings. The van der Waals surface area contributed by atoms with Gasteiger partial charge in [0.1, 0.15) is 17.6 Å². The van der Waals surface area contributed by atoms with Crippen molar-refractivity contribution in [1.29, 1.82) is 0 Å². The van der Waals surface area contributed by atoms with Crippen molar-refractivity contribution in [3.05, 3.63) is 23.2 Å². The Kier molecular flexibility index (Phi) is 2.92. The van der Waals surface area contributed by atoms with Crippen LogP contribution in [0.1, 0.15) is 34.7 Å². The molecule has 0 unspecified atom stereocenters. The predicted octanol–water partition coefficient (Wildman–Crippen LogP) is 1.59. The average molecular weight is 237 g/mol. The molecule has 0 saturated carbocycles. The number of carbonyl (C=O) groups is 2. The smallest absolute Gasteiger partial charge is 0.326 e. The molecule has 1 aliphatic rings. The Labute approximate surface area is 99.0 Å². The number of hydrogen-bond acceptors (Lipinski definition) is 3. The van der Waals surface area contributed by atoms with Crippen molar-refractivity contribution in [3.63, 3.8) is 0 Å². The van der Waals surface area contributed by atoms with Gasteiger partial charge in [-0.25, -0.2) is 4.79 Å². The first-order valence-electron chi connectivity index (χ1n) is 5.61. The van der Waals surface area contributed by atoms with Crippen LogP contribution in [0.25, 0.3) is 0 Å². The highest BCUT2D eigenvalue weighted by molar-refractivity contribution is 5.97. The summed E-state index contributed by atoms with van der Waals surface area (Å²) >= 11 is 0. The quantitative estimate of drug-likeness (QED) is 0.847. The van der Waals surface area contributed by atoms with E-state index in [1.165, 1.54) is 4.90 Å².